The van der Waals surface area contributed by atoms with Crippen LogP contribution in [0.3, 0.4) is 0 Å². The molecule has 1 rings (SSSR count). The van der Waals surface area contributed by atoms with Crippen LogP contribution in [-0.4, -0.2) is 53.7 Å². The smallest absolute Gasteiger partial charge is 0.372 e. The summed E-state index contributed by atoms with van der Waals surface area (Å²) in [5.74, 6) is 0.494. The fourth-order valence-corrected chi connectivity index (χ4v) is 5.21. The van der Waals surface area contributed by atoms with Crippen molar-refractivity contribution >= 4 is 8.80 Å². The number of ether oxygens (including phenoxy) is 2. The molecule has 0 radical (unpaired) electrons. The second kappa shape index (κ2) is 9.12. The molecule has 0 aromatic carbocycles. The summed E-state index contributed by atoms with van der Waals surface area (Å²) in [7, 11) is -2.80. The summed E-state index contributed by atoms with van der Waals surface area (Å²) in [5, 5.41) is 0. The third-order valence-electron chi connectivity index (χ3n) is 3.00. The topological polar surface area (TPSA) is 49.5 Å². The van der Waals surface area contributed by atoms with Crippen molar-refractivity contribution in [3.63, 3.8) is 0 Å². The Kier molecular flexibility index (Phi) is 8.24. The molecule has 2 atom stereocenters. The molecule has 0 saturated carbocycles. The molecule has 1 fully saturated rings. The van der Waals surface area contributed by atoms with Crippen LogP contribution in [0.1, 0.15) is 41.0 Å². The van der Waals surface area contributed by atoms with Crippen molar-refractivity contribution in [2.24, 2.45) is 5.92 Å². The normalized spacial score (nSPS) is 20.4. The van der Waals surface area contributed by atoms with Gasteiger partial charge in [-0.25, -0.2) is 0 Å². The summed E-state index contributed by atoms with van der Waals surface area (Å²) in [6.45, 7) is 13.4. The van der Waals surface area contributed by atoms with Gasteiger partial charge in [0.2, 0.25) is 0 Å². The van der Waals surface area contributed by atoms with Crippen LogP contribution >= 0.6 is 0 Å². The Morgan fingerprint density at radius 2 is 1.55 bits per heavy atom. The molecule has 5 nitrogen and oxygen atoms in total. The molecule has 0 aromatic heterocycles. The van der Waals surface area contributed by atoms with Gasteiger partial charge in [0.25, 0.3) is 0 Å². The van der Waals surface area contributed by atoms with E-state index in [9.17, 15) is 0 Å². The summed E-state index contributed by atoms with van der Waals surface area (Å²) >= 11 is 0. The average molecular weight is 306 g/mol. The lowest BCUT2D eigenvalue weighted by Gasteiger charge is -2.35. The van der Waals surface area contributed by atoms with Gasteiger partial charge in [0, 0.05) is 19.8 Å². The molecule has 2 unspecified atom stereocenters. The summed E-state index contributed by atoms with van der Waals surface area (Å²) in [6.07, 6.45) is 1.11. The Labute approximate surface area is 124 Å². The van der Waals surface area contributed by atoms with Crippen LogP contribution in [-0.2, 0) is 22.8 Å². The van der Waals surface area contributed by atoms with Crippen molar-refractivity contribution in [1.29, 1.82) is 0 Å². The standard InChI is InChI=1S/C14H30O5Si/c1-6-17-20(18-7-2,19-8-3)14(9-12(4)5)16-11-13-10-15-13/h12-14H,6-11H2,1-5H3. The molecular weight excluding hydrogens is 276 g/mol. The Hall–Kier alpha value is 0.0169. The van der Waals surface area contributed by atoms with E-state index in [-0.39, 0.29) is 11.8 Å². The Morgan fingerprint density at radius 3 is 1.90 bits per heavy atom. The first-order chi connectivity index (χ1) is 9.57. The van der Waals surface area contributed by atoms with E-state index < -0.39 is 8.80 Å². The lowest BCUT2D eigenvalue weighted by Crippen LogP contribution is -2.58. The summed E-state index contributed by atoms with van der Waals surface area (Å²) in [4.78, 5) is 0. The van der Waals surface area contributed by atoms with Crippen LogP contribution in [0, 0.1) is 5.92 Å². The largest absolute Gasteiger partial charge is 0.531 e. The molecule has 120 valence electrons. The van der Waals surface area contributed by atoms with E-state index in [0.29, 0.717) is 32.3 Å². The van der Waals surface area contributed by atoms with E-state index in [4.69, 9.17) is 22.8 Å². The molecule has 0 spiro atoms. The van der Waals surface area contributed by atoms with Gasteiger partial charge in [0.05, 0.1) is 13.2 Å². The van der Waals surface area contributed by atoms with Crippen molar-refractivity contribution < 1.29 is 22.8 Å². The molecule has 20 heavy (non-hydrogen) atoms. The first-order valence-electron chi connectivity index (χ1n) is 7.72. The summed E-state index contributed by atoms with van der Waals surface area (Å²) in [5.41, 5.74) is -0.119. The van der Waals surface area contributed by atoms with E-state index in [0.717, 1.165) is 13.0 Å². The molecule has 0 bridgehead atoms. The van der Waals surface area contributed by atoms with Crippen molar-refractivity contribution in [3.8, 4) is 0 Å². The molecule has 1 heterocycles. The van der Waals surface area contributed by atoms with Gasteiger partial charge in [-0.15, -0.1) is 0 Å². The van der Waals surface area contributed by atoms with E-state index >= 15 is 0 Å². The maximum absolute atomic E-state index is 6.06. The van der Waals surface area contributed by atoms with Crippen molar-refractivity contribution in [2.45, 2.75) is 52.9 Å². The SMILES string of the molecule is CCO[Si](OCC)(OCC)C(CC(C)C)OCC1CO1. The highest BCUT2D eigenvalue weighted by Gasteiger charge is 2.51. The highest BCUT2D eigenvalue weighted by Crippen LogP contribution is 2.25. The lowest BCUT2D eigenvalue weighted by atomic mass is 10.1. The minimum Gasteiger partial charge on any atom is -0.372 e. The third kappa shape index (κ3) is 5.79. The number of rotatable bonds is 12. The third-order valence-corrected chi connectivity index (χ3v) is 6.27. The van der Waals surface area contributed by atoms with Gasteiger partial charge in [-0.1, -0.05) is 13.8 Å². The predicted molar refractivity (Wildman–Crippen MR) is 79.6 cm³/mol. The van der Waals surface area contributed by atoms with Crippen molar-refractivity contribution in [2.75, 3.05) is 33.0 Å². The fraction of sp³-hybridized carbons (Fsp3) is 1.00. The van der Waals surface area contributed by atoms with Gasteiger partial charge in [-0.2, -0.15) is 0 Å². The monoisotopic (exact) mass is 306 g/mol. The fourth-order valence-electron chi connectivity index (χ4n) is 2.14. The van der Waals surface area contributed by atoms with Crippen molar-refractivity contribution in [1.82, 2.24) is 0 Å². The maximum atomic E-state index is 6.06. The Morgan fingerprint density at radius 1 is 1.05 bits per heavy atom. The van der Waals surface area contributed by atoms with Crippen LogP contribution in [0.15, 0.2) is 0 Å². The van der Waals surface area contributed by atoms with E-state index in [2.05, 4.69) is 13.8 Å². The molecular formula is C14H30O5Si. The highest BCUT2D eigenvalue weighted by molar-refractivity contribution is 6.62. The Bertz CT molecular complexity index is 241. The first-order valence-corrected chi connectivity index (χ1v) is 9.53. The molecule has 0 N–H and O–H groups in total. The van der Waals surface area contributed by atoms with Crippen LogP contribution < -0.4 is 0 Å². The Balaban J connectivity index is 2.78. The van der Waals surface area contributed by atoms with Gasteiger partial charge >= 0.3 is 8.80 Å². The predicted octanol–water partition coefficient (Wildman–Crippen LogP) is 2.40. The average Bonchev–Trinajstić information content (AvgIpc) is 3.19. The number of hydrogen-bond donors (Lipinski definition) is 0. The second-order valence-corrected chi connectivity index (χ2v) is 8.03. The summed E-state index contributed by atoms with van der Waals surface area (Å²) < 4.78 is 29.2. The zero-order valence-corrected chi connectivity index (χ0v) is 14.5. The number of hydrogen-bond acceptors (Lipinski definition) is 5. The van der Waals surface area contributed by atoms with Gasteiger partial charge in [-0.05, 0) is 33.1 Å². The molecule has 1 aliphatic heterocycles. The summed E-state index contributed by atoms with van der Waals surface area (Å²) in [6, 6.07) is 0. The van der Waals surface area contributed by atoms with E-state index in [1.54, 1.807) is 0 Å². The molecule has 1 saturated heterocycles. The maximum Gasteiger partial charge on any atom is 0.531 e. The first kappa shape index (κ1) is 18.1. The van der Waals surface area contributed by atoms with E-state index in [1.807, 2.05) is 20.8 Å². The quantitative estimate of drug-likeness (QED) is 0.409. The van der Waals surface area contributed by atoms with Gasteiger partial charge in [0.1, 0.15) is 11.8 Å². The van der Waals surface area contributed by atoms with Crippen LogP contribution in [0.5, 0.6) is 0 Å². The lowest BCUT2D eigenvalue weighted by molar-refractivity contribution is -0.0204. The molecule has 1 aliphatic rings. The van der Waals surface area contributed by atoms with Crippen LogP contribution in [0.25, 0.3) is 0 Å². The molecule has 0 aromatic rings. The second-order valence-electron chi connectivity index (χ2n) is 5.31. The van der Waals surface area contributed by atoms with Gasteiger partial charge in [0.15, 0.2) is 0 Å². The van der Waals surface area contributed by atoms with E-state index in [1.165, 1.54) is 0 Å². The molecule has 0 amide bonds. The zero-order chi connectivity index (χ0) is 15.0. The van der Waals surface area contributed by atoms with Crippen molar-refractivity contribution in [3.05, 3.63) is 0 Å². The van der Waals surface area contributed by atoms with Crippen LogP contribution in [0.4, 0.5) is 0 Å². The minimum atomic E-state index is -2.80. The molecule has 6 heteroatoms. The van der Waals surface area contributed by atoms with Gasteiger partial charge < -0.3 is 22.8 Å². The highest BCUT2D eigenvalue weighted by atomic mass is 28.4. The van der Waals surface area contributed by atoms with Gasteiger partial charge in [-0.3, -0.25) is 0 Å². The zero-order valence-electron chi connectivity index (χ0n) is 13.5. The number of epoxide rings is 1. The molecule has 0 aliphatic carbocycles. The minimum absolute atomic E-state index is 0.119. The van der Waals surface area contributed by atoms with Crippen LogP contribution in [0.2, 0.25) is 0 Å².